The molecule has 2 aromatic rings. The Kier molecular flexibility index (Phi) is 3.22. The third-order valence-corrected chi connectivity index (χ3v) is 4.57. The van der Waals surface area contributed by atoms with Gasteiger partial charge >= 0.3 is 0 Å². The van der Waals surface area contributed by atoms with Gasteiger partial charge in [0.2, 0.25) is 0 Å². The number of allylic oxidation sites excluding steroid dienone is 3. The highest BCUT2D eigenvalue weighted by molar-refractivity contribution is 6.04. The number of hydrogen-bond donors (Lipinski definition) is 0. The highest BCUT2D eigenvalue weighted by Crippen LogP contribution is 2.29. The number of aromatic nitrogens is 2. The van der Waals surface area contributed by atoms with Crippen molar-refractivity contribution in [3.8, 4) is 0 Å². The van der Waals surface area contributed by atoms with Crippen molar-refractivity contribution in [2.24, 2.45) is 11.8 Å². The molecule has 1 aromatic heterocycles. The molecular weight excluding hydrogens is 274 g/mol. The van der Waals surface area contributed by atoms with E-state index in [0.717, 1.165) is 30.4 Å². The Balaban J connectivity index is 1.64. The summed E-state index contributed by atoms with van der Waals surface area (Å²) < 4.78 is 0. The maximum Gasteiger partial charge on any atom is 0.273 e. The van der Waals surface area contributed by atoms with Gasteiger partial charge in [-0.15, -0.1) is 0 Å². The van der Waals surface area contributed by atoms with Gasteiger partial charge < -0.3 is 4.90 Å². The van der Waals surface area contributed by atoms with Crippen LogP contribution in [-0.4, -0.2) is 33.9 Å². The van der Waals surface area contributed by atoms with Crippen molar-refractivity contribution in [2.45, 2.75) is 6.42 Å². The van der Waals surface area contributed by atoms with Crippen LogP contribution in [0.4, 0.5) is 0 Å². The quantitative estimate of drug-likeness (QED) is 0.811. The Morgan fingerprint density at radius 1 is 1.09 bits per heavy atom. The lowest BCUT2D eigenvalue weighted by molar-refractivity contribution is 0.0659. The van der Waals surface area contributed by atoms with E-state index >= 15 is 0 Å². The fourth-order valence-corrected chi connectivity index (χ4v) is 3.37. The minimum Gasteiger partial charge on any atom is -0.337 e. The minimum absolute atomic E-state index is 0.0139. The molecule has 1 aliphatic carbocycles. The largest absolute Gasteiger partial charge is 0.337 e. The summed E-state index contributed by atoms with van der Waals surface area (Å²) in [5.74, 6) is 1.01. The molecule has 1 fully saturated rings. The molecule has 1 amide bonds. The van der Waals surface area contributed by atoms with Crippen LogP contribution in [0.5, 0.6) is 0 Å². The van der Waals surface area contributed by atoms with Gasteiger partial charge in [0.1, 0.15) is 12.0 Å². The van der Waals surface area contributed by atoms with Crippen LogP contribution < -0.4 is 0 Å². The molecule has 4 rings (SSSR count). The van der Waals surface area contributed by atoms with Crippen molar-refractivity contribution in [3.05, 3.63) is 60.6 Å². The van der Waals surface area contributed by atoms with Gasteiger partial charge in [-0.05, 0) is 18.4 Å². The van der Waals surface area contributed by atoms with Crippen LogP contribution in [0, 0.1) is 11.8 Å². The number of piperidine rings is 1. The van der Waals surface area contributed by atoms with Crippen molar-refractivity contribution in [1.29, 1.82) is 0 Å². The van der Waals surface area contributed by atoms with E-state index in [2.05, 4.69) is 34.3 Å². The maximum absolute atomic E-state index is 12.9. The first-order valence-electron chi connectivity index (χ1n) is 7.67. The lowest BCUT2D eigenvalue weighted by Gasteiger charge is -2.37. The normalized spacial score (nSPS) is 23.5. The fourth-order valence-electron chi connectivity index (χ4n) is 3.37. The van der Waals surface area contributed by atoms with E-state index in [4.69, 9.17) is 0 Å². The van der Waals surface area contributed by atoms with E-state index in [9.17, 15) is 4.79 Å². The summed E-state index contributed by atoms with van der Waals surface area (Å²) in [6.07, 6.45) is 11.1. The Bertz CT molecular complexity index is 776. The highest BCUT2D eigenvalue weighted by Gasteiger charge is 2.30. The van der Waals surface area contributed by atoms with Gasteiger partial charge in [0, 0.05) is 24.4 Å². The zero-order valence-electron chi connectivity index (χ0n) is 12.2. The van der Waals surface area contributed by atoms with Crippen LogP contribution in [0.15, 0.2) is 54.9 Å². The van der Waals surface area contributed by atoms with Crippen molar-refractivity contribution in [3.63, 3.8) is 0 Å². The van der Waals surface area contributed by atoms with E-state index in [1.54, 1.807) is 0 Å². The molecule has 110 valence electrons. The molecule has 0 bridgehead atoms. The monoisotopic (exact) mass is 291 g/mol. The van der Waals surface area contributed by atoms with Crippen LogP contribution in [0.25, 0.3) is 10.9 Å². The van der Waals surface area contributed by atoms with E-state index in [-0.39, 0.29) is 5.91 Å². The summed E-state index contributed by atoms with van der Waals surface area (Å²) in [6.45, 7) is 1.55. The molecule has 2 unspecified atom stereocenters. The van der Waals surface area contributed by atoms with Crippen LogP contribution in [0.3, 0.4) is 0 Å². The number of nitrogens with zero attached hydrogens (tertiary/aromatic N) is 3. The molecule has 0 radical (unpaired) electrons. The number of carbonyl (C=O) groups excluding carboxylic acids is 1. The maximum atomic E-state index is 12.9. The molecule has 22 heavy (non-hydrogen) atoms. The standard InChI is InChI=1S/C18H17N3O/c22-18(17-15-7-3-4-8-16(15)19-12-20-17)21-10-9-13-5-1-2-6-14(13)11-21/h1-8,12-14H,9-11H2. The van der Waals surface area contributed by atoms with Crippen LogP contribution in [0.1, 0.15) is 16.9 Å². The van der Waals surface area contributed by atoms with Crippen LogP contribution in [0.2, 0.25) is 0 Å². The van der Waals surface area contributed by atoms with E-state index in [1.165, 1.54) is 6.33 Å². The Labute approximate surface area is 129 Å². The van der Waals surface area contributed by atoms with Gasteiger partial charge in [0.05, 0.1) is 5.52 Å². The summed E-state index contributed by atoms with van der Waals surface area (Å²) >= 11 is 0. The Morgan fingerprint density at radius 2 is 1.91 bits per heavy atom. The number of amides is 1. The zero-order chi connectivity index (χ0) is 14.9. The van der Waals surface area contributed by atoms with Crippen molar-refractivity contribution in [1.82, 2.24) is 14.9 Å². The number of benzene rings is 1. The summed E-state index contributed by atoms with van der Waals surface area (Å²) in [7, 11) is 0. The highest BCUT2D eigenvalue weighted by atomic mass is 16.2. The molecule has 4 heteroatoms. The molecular formula is C18H17N3O. The van der Waals surface area contributed by atoms with E-state index < -0.39 is 0 Å². The molecule has 2 atom stereocenters. The summed E-state index contributed by atoms with van der Waals surface area (Å²) in [5.41, 5.74) is 1.33. The topological polar surface area (TPSA) is 46.1 Å². The lowest BCUT2D eigenvalue weighted by atomic mass is 9.82. The summed E-state index contributed by atoms with van der Waals surface area (Å²) in [5, 5.41) is 0.830. The average Bonchev–Trinajstić information content (AvgIpc) is 2.60. The Morgan fingerprint density at radius 3 is 2.82 bits per heavy atom. The second-order valence-electron chi connectivity index (χ2n) is 5.88. The number of carbonyl (C=O) groups is 1. The number of para-hydroxylation sites is 1. The molecule has 1 aromatic carbocycles. The van der Waals surface area contributed by atoms with Gasteiger partial charge in [-0.25, -0.2) is 9.97 Å². The first kappa shape index (κ1) is 13.2. The number of rotatable bonds is 1. The van der Waals surface area contributed by atoms with Crippen molar-refractivity contribution >= 4 is 16.8 Å². The van der Waals surface area contributed by atoms with Gasteiger partial charge in [-0.3, -0.25) is 4.79 Å². The molecule has 4 nitrogen and oxygen atoms in total. The number of fused-ring (bicyclic) bond motifs is 2. The predicted molar refractivity (Wildman–Crippen MR) is 85.3 cm³/mol. The predicted octanol–water partition coefficient (Wildman–Crippen LogP) is 2.83. The molecule has 0 N–H and O–H groups in total. The Hall–Kier alpha value is -2.49. The number of likely N-dealkylation sites (tertiary alicyclic amines) is 1. The average molecular weight is 291 g/mol. The SMILES string of the molecule is O=C(c1ncnc2ccccc12)N1CCC2C=CC=CC2C1. The number of hydrogen-bond acceptors (Lipinski definition) is 3. The third-order valence-electron chi connectivity index (χ3n) is 4.57. The van der Waals surface area contributed by atoms with E-state index in [1.807, 2.05) is 29.2 Å². The first-order valence-corrected chi connectivity index (χ1v) is 7.67. The second-order valence-corrected chi connectivity index (χ2v) is 5.88. The molecule has 1 aliphatic heterocycles. The molecule has 2 heterocycles. The first-order chi connectivity index (χ1) is 10.8. The van der Waals surface area contributed by atoms with Gasteiger partial charge in [0.25, 0.3) is 5.91 Å². The zero-order valence-corrected chi connectivity index (χ0v) is 12.2. The van der Waals surface area contributed by atoms with Crippen molar-refractivity contribution < 1.29 is 4.79 Å². The van der Waals surface area contributed by atoms with Gasteiger partial charge in [0.15, 0.2) is 0 Å². The summed E-state index contributed by atoms with van der Waals surface area (Å²) in [4.78, 5) is 23.3. The molecule has 0 saturated carbocycles. The van der Waals surface area contributed by atoms with E-state index in [0.29, 0.717) is 17.5 Å². The fraction of sp³-hybridized carbons (Fsp3) is 0.278. The second kappa shape index (κ2) is 5.37. The lowest BCUT2D eigenvalue weighted by Crippen LogP contribution is -2.43. The smallest absolute Gasteiger partial charge is 0.273 e. The van der Waals surface area contributed by atoms with Gasteiger partial charge in [-0.1, -0.05) is 42.5 Å². The molecule has 2 aliphatic rings. The third kappa shape index (κ3) is 2.21. The minimum atomic E-state index is 0.0139. The molecule has 1 saturated heterocycles. The van der Waals surface area contributed by atoms with Crippen LogP contribution >= 0.6 is 0 Å². The summed E-state index contributed by atoms with van der Waals surface area (Å²) in [6, 6.07) is 7.67. The van der Waals surface area contributed by atoms with Gasteiger partial charge in [-0.2, -0.15) is 0 Å². The molecule has 0 spiro atoms. The van der Waals surface area contributed by atoms with Crippen LogP contribution in [-0.2, 0) is 0 Å². The van der Waals surface area contributed by atoms with Crippen molar-refractivity contribution in [2.75, 3.05) is 13.1 Å².